The summed E-state index contributed by atoms with van der Waals surface area (Å²) in [7, 11) is 0. The summed E-state index contributed by atoms with van der Waals surface area (Å²) in [4.78, 5) is 12.2. The molecule has 0 aromatic heterocycles. The number of nitrogens with one attached hydrogen (secondary N) is 2. The summed E-state index contributed by atoms with van der Waals surface area (Å²) in [6, 6.07) is 15.2. The summed E-state index contributed by atoms with van der Waals surface area (Å²) in [6.45, 7) is 0. The van der Waals surface area contributed by atoms with Crippen molar-refractivity contribution >= 4 is 34.6 Å². The number of carbonyl (C=O) groups is 1. The van der Waals surface area contributed by atoms with Gasteiger partial charge in [-0.15, -0.1) is 0 Å². The van der Waals surface area contributed by atoms with Crippen molar-refractivity contribution in [2.75, 3.05) is 16.4 Å². The second kappa shape index (κ2) is 7.68. The van der Waals surface area contributed by atoms with Crippen molar-refractivity contribution in [2.24, 2.45) is 0 Å². The van der Waals surface area contributed by atoms with Gasteiger partial charge in [-0.2, -0.15) is 10.5 Å². The van der Waals surface area contributed by atoms with Crippen LogP contribution in [0, 0.1) is 22.7 Å². The third kappa shape index (κ3) is 4.04. The lowest BCUT2D eigenvalue weighted by atomic mass is 10.2. The minimum Gasteiger partial charge on any atom is -0.399 e. The van der Waals surface area contributed by atoms with Gasteiger partial charge < -0.3 is 16.4 Å². The van der Waals surface area contributed by atoms with E-state index in [1.54, 1.807) is 42.5 Å². The molecule has 118 valence electrons. The molecule has 0 saturated carbocycles. The van der Waals surface area contributed by atoms with Crippen LogP contribution < -0.4 is 16.4 Å². The second-order valence-electron chi connectivity index (χ2n) is 4.66. The van der Waals surface area contributed by atoms with Gasteiger partial charge in [0.05, 0.1) is 22.0 Å². The Bertz CT molecular complexity index is 893. The van der Waals surface area contributed by atoms with Crippen LogP contribution in [0.3, 0.4) is 0 Å². The molecule has 2 rings (SSSR count). The summed E-state index contributed by atoms with van der Waals surface area (Å²) in [5, 5.41) is 23.8. The number of rotatable bonds is 4. The normalized spacial score (nSPS) is 10.4. The van der Waals surface area contributed by atoms with Crippen LogP contribution in [0.1, 0.15) is 5.56 Å². The Morgan fingerprint density at radius 2 is 1.92 bits per heavy atom. The Hall–Kier alpha value is -3.48. The highest BCUT2D eigenvalue weighted by atomic mass is 35.5. The molecule has 0 atom stereocenters. The third-order valence-electron chi connectivity index (χ3n) is 3.03. The number of carbonyl (C=O) groups excluding carboxylic acids is 1. The van der Waals surface area contributed by atoms with E-state index < -0.39 is 5.91 Å². The first-order chi connectivity index (χ1) is 11.5. The Kier molecular flexibility index (Phi) is 5.40. The molecule has 0 heterocycles. The minimum absolute atomic E-state index is 0.171. The molecular weight excluding hydrogens is 326 g/mol. The van der Waals surface area contributed by atoms with E-state index in [0.29, 0.717) is 22.6 Å². The van der Waals surface area contributed by atoms with Crippen LogP contribution in [0.15, 0.2) is 54.2 Å². The number of para-hydroxylation sites is 1. The fraction of sp³-hybridized carbons (Fsp3) is 0. The molecule has 0 spiro atoms. The fourth-order valence-corrected chi connectivity index (χ4v) is 2.06. The third-order valence-corrected chi connectivity index (χ3v) is 3.34. The summed E-state index contributed by atoms with van der Waals surface area (Å²) >= 11 is 5.99. The number of amides is 1. The monoisotopic (exact) mass is 337 g/mol. The number of halogens is 1. The summed E-state index contributed by atoms with van der Waals surface area (Å²) in [5.41, 5.74) is 7.11. The van der Waals surface area contributed by atoms with E-state index >= 15 is 0 Å². The zero-order valence-electron chi connectivity index (χ0n) is 12.4. The number of benzene rings is 2. The van der Waals surface area contributed by atoms with E-state index in [0.717, 1.165) is 0 Å². The van der Waals surface area contributed by atoms with Crippen molar-refractivity contribution in [2.45, 2.75) is 0 Å². The Labute approximate surface area is 143 Å². The van der Waals surface area contributed by atoms with Gasteiger partial charge in [0.1, 0.15) is 17.7 Å². The van der Waals surface area contributed by atoms with Crippen LogP contribution in [-0.4, -0.2) is 5.91 Å². The fourth-order valence-electron chi connectivity index (χ4n) is 1.83. The minimum atomic E-state index is -0.633. The van der Waals surface area contributed by atoms with Gasteiger partial charge in [0.25, 0.3) is 5.91 Å². The average molecular weight is 338 g/mol. The van der Waals surface area contributed by atoms with Crippen LogP contribution in [0.4, 0.5) is 17.1 Å². The van der Waals surface area contributed by atoms with Gasteiger partial charge in [0.15, 0.2) is 0 Å². The predicted octanol–water partition coefficient (Wildman–Crippen LogP) is 3.25. The lowest BCUT2D eigenvalue weighted by molar-refractivity contribution is -0.112. The van der Waals surface area contributed by atoms with Crippen molar-refractivity contribution in [1.82, 2.24) is 0 Å². The molecular formula is C17H12ClN5O. The van der Waals surface area contributed by atoms with E-state index in [4.69, 9.17) is 27.9 Å². The molecule has 0 aliphatic rings. The van der Waals surface area contributed by atoms with Crippen LogP contribution >= 0.6 is 11.6 Å². The molecule has 0 bridgehead atoms. The molecule has 4 N–H and O–H groups in total. The predicted molar refractivity (Wildman–Crippen MR) is 93.0 cm³/mol. The van der Waals surface area contributed by atoms with Crippen molar-refractivity contribution in [1.29, 1.82) is 10.5 Å². The molecule has 24 heavy (non-hydrogen) atoms. The molecule has 1 amide bonds. The zero-order chi connectivity index (χ0) is 17.5. The Balaban J connectivity index is 2.17. The molecule has 0 aliphatic carbocycles. The number of hydrogen-bond acceptors (Lipinski definition) is 5. The van der Waals surface area contributed by atoms with E-state index in [2.05, 4.69) is 10.6 Å². The maximum absolute atomic E-state index is 12.2. The SMILES string of the molecule is N#C/C(=C/Nc1ccccc1C#N)C(=O)Nc1ccc(N)cc1Cl. The highest BCUT2D eigenvalue weighted by Gasteiger charge is 2.11. The smallest absolute Gasteiger partial charge is 0.267 e. The standard InChI is InChI=1S/C17H12ClN5O/c18-14-7-13(21)5-6-16(14)23-17(24)12(9-20)10-22-15-4-2-1-3-11(15)8-19/h1-7,10,22H,21H2,(H,23,24)/b12-10-. The van der Waals surface area contributed by atoms with Gasteiger partial charge in [-0.1, -0.05) is 23.7 Å². The van der Waals surface area contributed by atoms with Gasteiger partial charge in [-0.05, 0) is 30.3 Å². The number of nitriles is 2. The molecule has 0 unspecified atom stereocenters. The van der Waals surface area contributed by atoms with Crippen LogP contribution in [0.2, 0.25) is 5.02 Å². The van der Waals surface area contributed by atoms with Crippen molar-refractivity contribution in [3.8, 4) is 12.1 Å². The average Bonchev–Trinajstić information content (AvgIpc) is 2.58. The quantitative estimate of drug-likeness (QED) is 0.450. The lowest BCUT2D eigenvalue weighted by Gasteiger charge is -2.08. The van der Waals surface area contributed by atoms with Gasteiger partial charge in [0, 0.05) is 11.9 Å². The number of hydrogen-bond donors (Lipinski definition) is 3. The molecule has 0 fully saturated rings. The first-order valence-corrected chi connectivity index (χ1v) is 7.15. The maximum atomic E-state index is 12.2. The summed E-state index contributed by atoms with van der Waals surface area (Å²) in [5.74, 6) is -0.633. The zero-order valence-corrected chi connectivity index (χ0v) is 13.1. The molecule has 6 nitrogen and oxygen atoms in total. The molecule has 0 aliphatic heterocycles. The second-order valence-corrected chi connectivity index (χ2v) is 5.07. The summed E-state index contributed by atoms with van der Waals surface area (Å²) in [6.07, 6.45) is 1.23. The largest absolute Gasteiger partial charge is 0.399 e. The number of nitrogens with two attached hydrogens (primary N) is 1. The lowest BCUT2D eigenvalue weighted by Crippen LogP contribution is -2.15. The molecule has 0 saturated heterocycles. The molecule has 2 aromatic rings. The van der Waals surface area contributed by atoms with E-state index in [-0.39, 0.29) is 10.6 Å². The van der Waals surface area contributed by atoms with Crippen LogP contribution in [-0.2, 0) is 4.79 Å². The molecule has 0 radical (unpaired) electrons. The van der Waals surface area contributed by atoms with Crippen LogP contribution in [0.25, 0.3) is 0 Å². The van der Waals surface area contributed by atoms with E-state index in [1.807, 2.05) is 6.07 Å². The first kappa shape index (κ1) is 16.9. The number of anilines is 3. The van der Waals surface area contributed by atoms with E-state index in [1.165, 1.54) is 12.3 Å². The number of nitrogen functional groups attached to an aromatic ring is 1. The van der Waals surface area contributed by atoms with Crippen molar-refractivity contribution in [3.63, 3.8) is 0 Å². The van der Waals surface area contributed by atoms with Gasteiger partial charge in [-0.25, -0.2) is 0 Å². The van der Waals surface area contributed by atoms with Crippen molar-refractivity contribution < 1.29 is 4.79 Å². The highest BCUT2D eigenvalue weighted by molar-refractivity contribution is 6.34. The van der Waals surface area contributed by atoms with Gasteiger partial charge in [0.2, 0.25) is 0 Å². The number of nitrogens with zero attached hydrogens (tertiary/aromatic N) is 2. The van der Waals surface area contributed by atoms with Gasteiger partial charge >= 0.3 is 0 Å². The summed E-state index contributed by atoms with van der Waals surface area (Å²) < 4.78 is 0. The Morgan fingerprint density at radius 3 is 2.58 bits per heavy atom. The molecule has 2 aromatic carbocycles. The molecule has 7 heteroatoms. The first-order valence-electron chi connectivity index (χ1n) is 6.77. The van der Waals surface area contributed by atoms with E-state index in [9.17, 15) is 4.79 Å². The highest BCUT2D eigenvalue weighted by Crippen LogP contribution is 2.24. The van der Waals surface area contributed by atoms with Crippen LogP contribution in [0.5, 0.6) is 0 Å². The topological polar surface area (TPSA) is 115 Å². The maximum Gasteiger partial charge on any atom is 0.267 e. The van der Waals surface area contributed by atoms with Crippen molar-refractivity contribution in [3.05, 3.63) is 64.8 Å². The van der Waals surface area contributed by atoms with Gasteiger partial charge in [-0.3, -0.25) is 4.79 Å². The Morgan fingerprint density at radius 1 is 1.17 bits per heavy atom.